The molecule has 0 saturated carbocycles. The number of carbonyl (C=O) groups excluding carboxylic acids is 2. The predicted octanol–water partition coefficient (Wildman–Crippen LogP) is 5.37. The van der Waals surface area contributed by atoms with E-state index in [2.05, 4.69) is 12.1 Å². The molecule has 128 valence electrons. The van der Waals surface area contributed by atoms with E-state index in [1.54, 1.807) is 23.9 Å². The molecule has 1 aliphatic heterocycles. The lowest BCUT2D eigenvalue weighted by molar-refractivity contribution is -0.119. The summed E-state index contributed by atoms with van der Waals surface area (Å²) in [6.07, 6.45) is 0. The summed E-state index contributed by atoms with van der Waals surface area (Å²) in [5.41, 5.74) is 2.70. The summed E-state index contributed by atoms with van der Waals surface area (Å²) >= 11 is 1.70. The second kappa shape index (κ2) is 6.93. The van der Waals surface area contributed by atoms with Crippen LogP contribution in [0.4, 0.5) is 0 Å². The van der Waals surface area contributed by atoms with Gasteiger partial charge in [0.2, 0.25) is 0 Å². The lowest BCUT2D eigenvalue weighted by atomic mass is 9.75. The Morgan fingerprint density at radius 3 is 1.81 bits per heavy atom. The van der Waals surface area contributed by atoms with Crippen molar-refractivity contribution in [2.45, 2.75) is 22.6 Å². The zero-order valence-corrected chi connectivity index (χ0v) is 15.2. The van der Waals surface area contributed by atoms with Crippen molar-refractivity contribution in [1.82, 2.24) is 0 Å². The van der Waals surface area contributed by atoms with Crippen molar-refractivity contribution in [3.63, 3.8) is 0 Å². The number of fused-ring (bicyclic) bond motifs is 2. The minimum atomic E-state index is -0.722. The van der Waals surface area contributed by atoms with E-state index in [9.17, 15) is 9.59 Å². The maximum Gasteiger partial charge on any atom is 0.174 e. The average molecular weight is 358 g/mol. The van der Waals surface area contributed by atoms with Gasteiger partial charge in [-0.3, -0.25) is 9.59 Å². The van der Waals surface area contributed by atoms with Crippen LogP contribution in [0.25, 0.3) is 0 Å². The van der Waals surface area contributed by atoms with Gasteiger partial charge >= 0.3 is 0 Å². The molecule has 3 aromatic carbocycles. The van der Waals surface area contributed by atoms with Gasteiger partial charge in [0.1, 0.15) is 5.78 Å². The van der Waals surface area contributed by atoms with Gasteiger partial charge < -0.3 is 0 Å². The molecule has 26 heavy (non-hydrogen) atoms. The van der Waals surface area contributed by atoms with Crippen LogP contribution in [-0.4, -0.2) is 11.6 Å². The van der Waals surface area contributed by atoms with Gasteiger partial charge in [-0.25, -0.2) is 0 Å². The molecule has 0 aromatic heterocycles. The van der Waals surface area contributed by atoms with Crippen molar-refractivity contribution >= 4 is 23.3 Å². The van der Waals surface area contributed by atoms with Crippen LogP contribution in [0.3, 0.4) is 0 Å². The number of hydrogen-bond donors (Lipinski definition) is 0. The maximum absolute atomic E-state index is 13.3. The molecule has 3 heteroatoms. The van der Waals surface area contributed by atoms with E-state index in [0.717, 1.165) is 20.9 Å². The van der Waals surface area contributed by atoms with Gasteiger partial charge in [-0.05, 0) is 30.2 Å². The average Bonchev–Trinajstić information content (AvgIpc) is 2.68. The minimum absolute atomic E-state index is 0.0969. The fourth-order valence-corrected chi connectivity index (χ4v) is 4.81. The van der Waals surface area contributed by atoms with Gasteiger partial charge in [-0.2, -0.15) is 0 Å². The number of hydrogen-bond acceptors (Lipinski definition) is 3. The second-order valence-corrected chi connectivity index (χ2v) is 7.56. The van der Waals surface area contributed by atoms with Crippen LogP contribution < -0.4 is 0 Å². The van der Waals surface area contributed by atoms with Crippen molar-refractivity contribution in [1.29, 1.82) is 0 Å². The maximum atomic E-state index is 13.3. The lowest BCUT2D eigenvalue weighted by Crippen LogP contribution is -2.31. The molecule has 2 nitrogen and oxygen atoms in total. The first-order valence-corrected chi connectivity index (χ1v) is 9.44. The summed E-state index contributed by atoms with van der Waals surface area (Å²) in [7, 11) is 0. The highest BCUT2D eigenvalue weighted by molar-refractivity contribution is 7.99. The largest absolute Gasteiger partial charge is 0.299 e. The van der Waals surface area contributed by atoms with Crippen LogP contribution in [0, 0.1) is 5.92 Å². The number of carbonyl (C=O) groups is 2. The first-order chi connectivity index (χ1) is 12.7. The highest BCUT2D eigenvalue weighted by atomic mass is 32.2. The third-order valence-corrected chi connectivity index (χ3v) is 6.02. The van der Waals surface area contributed by atoms with E-state index < -0.39 is 5.92 Å². The third kappa shape index (κ3) is 2.89. The van der Waals surface area contributed by atoms with Gasteiger partial charge in [0.15, 0.2) is 5.78 Å². The second-order valence-electron chi connectivity index (χ2n) is 6.47. The van der Waals surface area contributed by atoms with Crippen molar-refractivity contribution in [3.8, 4) is 0 Å². The predicted molar refractivity (Wildman–Crippen MR) is 104 cm³/mol. The third-order valence-electron chi connectivity index (χ3n) is 4.84. The van der Waals surface area contributed by atoms with Gasteiger partial charge in [0.25, 0.3) is 0 Å². The number of rotatable bonds is 4. The fourth-order valence-electron chi connectivity index (χ4n) is 3.66. The van der Waals surface area contributed by atoms with E-state index in [4.69, 9.17) is 0 Å². The van der Waals surface area contributed by atoms with Crippen LogP contribution in [0.1, 0.15) is 34.3 Å². The van der Waals surface area contributed by atoms with Crippen molar-refractivity contribution < 1.29 is 9.59 Å². The molecule has 0 amide bonds. The highest BCUT2D eigenvalue weighted by Crippen LogP contribution is 2.49. The molecule has 0 unspecified atom stereocenters. The Kier molecular flexibility index (Phi) is 4.48. The SMILES string of the molecule is CC(=O)[C@H](C(=O)c1ccccc1)C1c2ccccc2Sc2ccccc21. The van der Waals surface area contributed by atoms with Crippen LogP contribution in [0.2, 0.25) is 0 Å². The fraction of sp³-hybridized carbons (Fsp3) is 0.130. The first-order valence-electron chi connectivity index (χ1n) is 8.62. The standard InChI is InChI=1S/C23H18O2S/c1-15(24)21(23(25)16-9-3-2-4-10-16)22-17-11-5-7-13-19(17)26-20-14-8-6-12-18(20)22/h2-14,21-22H,1H3/t21-/m0/s1. The molecule has 0 radical (unpaired) electrons. The molecule has 1 atom stereocenters. The van der Waals surface area contributed by atoms with Crippen LogP contribution >= 0.6 is 11.8 Å². The van der Waals surface area contributed by atoms with E-state index in [-0.39, 0.29) is 17.5 Å². The molecule has 0 fully saturated rings. The Morgan fingerprint density at radius 2 is 1.27 bits per heavy atom. The summed E-state index contributed by atoms with van der Waals surface area (Å²) in [5.74, 6) is -1.19. The quantitative estimate of drug-likeness (QED) is 0.464. The summed E-state index contributed by atoms with van der Waals surface area (Å²) in [4.78, 5) is 28.2. The summed E-state index contributed by atoms with van der Waals surface area (Å²) < 4.78 is 0. The molecule has 4 rings (SSSR count). The monoisotopic (exact) mass is 358 g/mol. The molecule has 1 aliphatic rings. The molecular weight excluding hydrogens is 340 g/mol. The van der Waals surface area contributed by atoms with E-state index >= 15 is 0 Å². The Balaban J connectivity index is 1.89. The van der Waals surface area contributed by atoms with Gasteiger partial charge in [0, 0.05) is 21.3 Å². The van der Waals surface area contributed by atoms with Crippen LogP contribution in [-0.2, 0) is 4.79 Å². The molecule has 0 aliphatic carbocycles. The Hall–Kier alpha value is -2.65. The molecule has 1 heterocycles. The lowest BCUT2D eigenvalue weighted by Gasteiger charge is -2.32. The van der Waals surface area contributed by atoms with Gasteiger partial charge in [-0.1, -0.05) is 78.5 Å². The molecule has 0 spiro atoms. The molecule has 0 saturated heterocycles. The smallest absolute Gasteiger partial charge is 0.174 e. The van der Waals surface area contributed by atoms with Crippen molar-refractivity contribution in [3.05, 3.63) is 95.6 Å². The minimum Gasteiger partial charge on any atom is -0.299 e. The topological polar surface area (TPSA) is 34.1 Å². The molecule has 0 bridgehead atoms. The van der Waals surface area contributed by atoms with E-state index in [0.29, 0.717) is 5.56 Å². The van der Waals surface area contributed by atoms with E-state index in [1.807, 2.05) is 54.6 Å². The number of benzene rings is 3. The summed E-state index contributed by atoms with van der Waals surface area (Å²) in [6.45, 7) is 1.53. The van der Waals surface area contributed by atoms with Crippen molar-refractivity contribution in [2.24, 2.45) is 5.92 Å². The van der Waals surface area contributed by atoms with Gasteiger partial charge in [-0.15, -0.1) is 0 Å². The van der Waals surface area contributed by atoms with Crippen LogP contribution in [0.15, 0.2) is 88.7 Å². The molecular formula is C23H18O2S. The number of ketones is 2. The normalized spacial score (nSPS) is 14.2. The summed E-state index contributed by atoms with van der Waals surface area (Å²) in [6, 6.07) is 25.3. The van der Waals surface area contributed by atoms with E-state index in [1.165, 1.54) is 6.92 Å². The highest BCUT2D eigenvalue weighted by Gasteiger charge is 2.39. The zero-order chi connectivity index (χ0) is 18.1. The van der Waals surface area contributed by atoms with Crippen molar-refractivity contribution in [2.75, 3.05) is 0 Å². The Morgan fingerprint density at radius 1 is 0.769 bits per heavy atom. The molecule has 3 aromatic rings. The number of Topliss-reactive ketones (excluding diaryl/α,β-unsaturated/α-hetero) is 2. The van der Waals surface area contributed by atoms with Gasteiger partial charge in [0.05, 0.1) is 5.92 Å². The Bertz CT molecular complexity index is 933. The molecule has 0 N–H and O–H groups in total. The Labute approximate surface area is 157 Å². The first kappa shape index (κ1) is 16.8. The summed E-state index contributed by atoms with van der Waals surface area (Å²) in [5, 5.41) is 0. The van der Waals surface area contributed by atoms with Crippen LogP contribution in [0.5, 0.6) is 0 Å². The zero-order valence-electron chi connectivity index (χ0n) is 14.4.